The lowest BCUT2D eigenvalue weighted by molar-refractivity contribution is 0.0519. The largest absolute Gasteiger partial charge is 0.461 e. The summed E-state index contributed by atoms with van der Waals surface area (Å²) in [6, 6.07) is 4.98. The lowest BCUT2D eigenvalue weighted by Gasteiger charge is -2.00. The number of carbonyl (C=O) groups excluding carboxylic acids is 1. The molecular formula is C12H13NO3. The van der Waals surface area contributed by atoms with E-state index in [0.29, 0.717) is 18.7 Å². The SMILES string of the molecule is CCOC(=O)c1cccc(C#CCCO)n1. The average Bonchev–Trinajstić information content (AvgIpc) is 2.30. The Morgan fingerprint density at radius 2 is 2.38 bits per heavy atom. The van der Waals surface area contributed by atoms with Crippen molar-refractivity contribution in [1.82, 2.24) is 4.98 Å². The smallest absolute Gasteiger partial charge is 0.356 e. The summed E-state index contributed by atoms with van der Waals surface area (Å²) in [4.78, 5) is 15.4. The van der Waals surface area contributed by atoms with Crippen LogP contribution in [0.15, 0.2) is 18.2 Å². The minimum Gasteiger partial charge on any atom is -0.461 e. The van der Waals surface area contributed by atoms with Gasteiger partial charge in [-0.3, -0.25) is 0 Å². The third-order valence-electron chi connectivity index (χ3n) is 1.69. The normalized spacial score (nSPS) is 9.12. The molecule has 4 heteroatoms. The zero-order valence-electron chi connectivity index (χ0n) is 9.06. The van der Waals surface area contributed by atoms with E-state index in [2.05, 4.69) is 16.8 Å². The molecule has 0 unspecified atom stereocenters. The van der Waals surface area contributed by atoms with Crippen molar-refractivity contribution in [2.75, 3.05) is 13.2 Å². The molecule has 16 heavy (non-hydrogen) atoms. The second-order valence-electron chi connectivity index (χ2n) is 2.90. The van der Waals surface area contributed by atoms with Gasteiger partial charge in [-0.25, -0.2) is 9.78 Å². The Hall–Kier alpha value is -1.86. The van der Waals surface area contributed by atoms with E-state index < -0.39 is 5.97 Å². The van der Waals surface area contributed by atoms with E-state index in [1.807, 2.05) is 0 Å². The van der Waals surface area contributed by atoms with Gasteiger partial charge in [0, 0.05) is 6.42 Å². The fraction of sp³-hybridized carbons (Fsp3) is 0.333. The van der Waals surface area contributed by atoms with Crippen molar-refractivity contribution in [3.05, 3.63) is 29.6 Å². The van der Waals surface area contributed by atoms with Gasteiger partial charge >= 0.3 is 5.97 Å². The van der Waals surface area contributed by atoms with Gasteiger partial charge in [0.2, 0.25) is 0 Å². The second kappa shape index (κ2) is 6.59. The molecule has 0 spiro atoms. The van der Waals surface area contributed by atoms with Gasteiger partial charge in [0.05, 0.1) is 13.2 Å². The Balaban J connectivity index is 2.79. The highest BCUT2D eigenvalue weighted by Gasteiger charge is 2.07. The molecule has 0 radical (unpaired) electrons. The van der Waals surface area contributed by atoms with Crippen molar-refractivity contribution < 1.29 is 14.6 Å². The Kier molecular flexibility index (Phi) is 5.03. The Bertz CT molecular complexity index is 418. The van der Waals surface area contributed by atoms with Gasteiger partial charge < -0.3 is 9.84 Å². The lowest BCUT2D eigenvalue weighted by Crippen LogP contribution is -2.07. The molecule has 0 fully saturated rings. The summed E-state index contributed by atoms with van der Waals surface area (Å²) in [5.74, 6) is 5.04. The minimum atomic E-state index is -0.451. The van der Waals surface area contributed by atoms with Crippen LogP contribution >= 0.6 is 0 Å². The minimum absolute atomic E-state index is 0.0184. The molecule has 1 aromatic heterocycles. The van der Waals surface area contributed by atoms with Crippen molar-refractivity contribution in [2.24, 2.45) is 0 Å². The molecule has 0 aliphatic carbocycles. The Labute approximate surface area is 94.3 Å². The van der Waals surface area contributed by atoms with Gasteiger partial charge in [-0.15, -0.1) is 0 Å². The van der Waals surface area contributed by atoms with Crippen LogP contribution in [0.5, 0.6) is 0 Å². The molecule has 0 aliphatic rings. The van der Waals surface area contributed by atoms with Gasteiger partial charge in [-0.05, 0) is 25.0 Å². The zero-order valence-corrected chi connectivity index (χ0v) is 9.06. The molecule has 0 aromatic carbocycles. The highest BCUT2D eigenvalue weighted by atomic mass is 16.5. The first-order valence-corrected chi connectivity index (χ1v) is 5.02. The van der Waals surface area contributed by atoms with Crippen LogP contribution < -0.4 is 0 Å². The first kappa shape index (κ1) is 12.2. The molecule has 1 aromatic rings. The maximum Gasteiger partial charge on any atom is 0.356 e. The molecule has 4 nitrogen and oxygen atoms in total. The monoisotopic (exact) mass is 219 g/mol. The van der Waals surface area contributed by atoms with E-state index >= 15 is 0 Å². The van der Waals surface area contributed by atoms with Crippen LogP contribution in [0.4, 0.5) is 0 Å². The number of pyridine rings is 1. The third kappa shape index (κ3) is 3.71. The summed E-state index contributed by atoms with van der Waals surface area (Å²) in [5, 5.41) is 8.56. The van der Waals surface area contributed by atoms with Gasteiger partial charge in [0.1, 0.15) is 11.4 Å². The number of hydrogen-bond donors (Lipinski definition) is 1. The first-order chi connectivity index (χ1) is 7.77. The molecule has 1 rings (SSSR count). The summed E-state index contributed by atoms with van der Waals surface area (Å²) >= 11 is 0. The van der Waals surface area contributed by atoms with Crippen LogP contribution in [0, 0.1) is 11.8 Å². The molecule has 0 saturated heterocycles. The van der Waals surface area contributed by atoms with E-state index in [0.717, 1.165) is 0 Å². The van der Waals surface area contributed by atoms with Crippen molar-refractivity contribution >= 4 is 5.97 Å². The standard InChI is InChI=1S/C12H13NO3/c1-2-16-12(15)11-8-5-7-10(13-11)6-3-4-9-14/h5,7-8,14H,2,4,9H2,1H3. The van der Waals surface area contributed by atoms with Gasteiger partial charge in [0.25, 0.3) is 0 Å². The topological polar surface area (TPSA) is 59.4 Å². The van der Waals surface area contributed by atoms with Crippen LogP contribution in [0.3, 0.4) is 0 Å². The number of rotatable bonds is 3. The quantitative estimate of drug-likeness (QED) is 0.608. The van der Waals surface area contributed by atoms with Crippen LogP contribution in [-0.2, 0) is 4.74 Å². The number of nitrogens with zero attached hydrogens (tertiary/aromatic N) is 1. The molecule has 0 saturated carbocycles. The van der Waals surface area contributed by atoms with E-state index in [-0.39, 0.29) is 12.3 Å². The van der Waals surface area contributed by atoms with E-state index in [1.165, 1.54) is 0 Å². The van der Waals surface area contributed by atoms with Crippen LogP contribution in [0.2, 0.25) is 0 Å². The number of aliphatic hydroxyl groups is 1. The molecule has 0 aliphatic heterocycles. The van der Waals surface area contributed by atoms with Gasteiger partial charge in [-0.2, -0.15) is 0 Å². The van der Waals surface area contributed by atoms with Crippen LogP contribution in [0.25, 0.3) is 0 Å². The molecule has 84 valence electrons. The molecule has 0 atom stereocenters. The maximum absolute atomic E-state index is 11.4. The number of carbonyl (C=O) groups is 1. The maximum atomic E-state index is 11.4. The zero-order chi connectivity index (χ0) is 11.8. The fourth-order valence-electron chi connectivity index (χ4n) is 1.03. The molecule has 1 N–H and O–H groups in total. The fourth-order valence-corrected chi connectivity index (χ4v) is 1.03. The summed E-state index contributed by atoms with van der Waals surface area (Å²) in [6.45, 7) is 2.08. The van der Waals surface area contributed by atoms with E-state index in [9.17, 15) is 4.79 Å². The Morgan fingerprint density at radius 3 is 3.06 bits per heavy atom. The summed E-state index contributed by atoms with van der Waals surface area (Å²) in [7, 11) is 0. The van der Waals surface area contributed by atoms with Gasteiger partial charge in [-0.1, -0.05) is 12.0 Å². The number of aromatic nitrogens is 1. The third-order valence-corrected chi connectivity index (χ3v) is 1.69. The summed E-state index contributed by atoms with van der Waals surface area (Å²) < 4.78 is 4.82. The van der Waals surface area contributed by atoms with Crippen LogP contribution in [0.1, 0.15) is 29.5 Å². The average molecular weight is 219 g/mol. The van der Waals surface area contributed by atoms with E-state index in [1.54, 1.807) is 25.1 Å². The van der Waals surface area contributed by atoms with Crippen molar-refractivity contribution in [1.29, 1.82) is 0 Å². The predicted octanol–water partition coefficient (Wildman–Crippen LogP) is 0.992. The van der Waals surface area contributed by atoms with Crippen molar-refractivity contribution in [3.63, 3.8) is 0 Å². The Morgan fingerprint density at radius 1 is 1.56 bits per heavy atom. The van der Waals surface area contributed by atoms with Crippen LogP contribution in [-0.4, -0.2) is 29.3 Å². The molecule has 1 heterocycles. The molecular weight excluding hydrogens is 206 g/mol. The molecule has 0 bridgehead atoms. The number of hydrogen-bond acceptors (Lipinski definition) is 4. The second-order valence-corrected chi connectivity index (χ2v) is 2.90. The predicted molar refractivity (Wildman–Crippen MR) is 58.8 cm³/mol. The number of aliphatic hydroxyl groups excluding tert-OH is 1. The summed E-state index contributed by atoms with van der Waals surface area (Å²) in [6.07, 6.45) is 0.394. The lowest BCUT2D eigenvalue weighted by atomic mass is 10.3. The number of esters is 1. The highest BCUT2D eigenvalue weighted by Crippen LogP contribution is 2.00. The van der Waals surface area contributed by atoms with Crippen molar-refractivity contribution in [3.8, 4) is 11.8 Å². The van der Waals surface area contributed by atoms with E-state index in [4.69, 9.17) is 9.84 Å². The first-order valence-electron chi connectivity index (χ1n) is 5.02. The molecule has 0 amide bonds. The van der Waals surface area contributed by atoms with Crippen molar-refractivity contribution in [2.45, 2.75) is 13.3 Å². The highest BCUT2D eigenvalue weighted by molar-refractivity contribution is 5.87. The number of ether oxygens (including phenoxy) is 1. The summed E-state index contributed by atoms with van der Waals surface area (Å²) in [5.41, 5.74) is 0.747. The van der Waals surface area contributed by atoms with Gasteiger partial charge in [0.15, 0.2) is 0 Å².